The Balaban J connectivity index is 2.30. The molecule has 2 aliphatic rings. The van der Waals surface area contributed by atoms with Crippen molar-refractivity contribution in [2.75, 3.05) is 6.61 Å². The van der Waals surface area contributed by atoms with Crippen LogP contribution < -0.4 is 5.73 Å². The number of carbonyl (C=O) groups excluding carboxylic acids is 3. The van der Waals surface area contributed by atoms with Gasteiger partial charge in [-0.15, -0.1) is 0 Å². The van der Waals surface area contributed by atoms with Gasteiger partial charge in [-0.05, 0) is 6.42 Å². The summed E-state index contributed by atoms with van der Waals surface area (Å²) in [5, 5.41) is 9.47. The number of nitrogens with two attached hydrogens (primary N) is 1. The lowest BCUT2D eigenvalue weighted by Gasteiger charge is -2.30. The zero-order valence-corrected chi connectivity index (χ0v) is 13.4. The van der Waals surface area contributed by atoms with Crippen molar-refractivity contribution < 1.29 is 33.7 Å². The molecule has 1 fully saturated rings. The third-order valence-corrected chi connectivity index (χ3v) is 3.60. The minimum atomic E-state index is -0.975. The van der Waals surface area contributed by atoms with Crippen molar-refractivity contribution in [1.82, 2.24) is 4.90 Å². The summed E-state index contributed by atoms with van der Waals surface area (Å²) in [4.78, 5) is 35.6. The molecule has 1 amide bonds. The van der Waals surface area contributed by atoms with Crippen molar-refractivity contribution in [3.63, 3.8) is 0 Å². The Morgan fingerprint density at radius 2 is 1.92 bits per heavy atom. The van der Waals surface area contributed by atoms with Crippen LogP contribution in [0.2, 0.25) is 0 Å². The molecule has 9 heteroatoms. The molecule has 0 aromatic heterocycles. The molecule has 9 nitrogen and oxygen atoms in total. The van der Waals surface area contributed by atoms with Gasteiger partial charge in [0, 0.05) is 31.8 Å². The molecule has 2 heterocycles. The van der Waals surface area contributed by atoms with Crippen LogP contribution in [-0.2, 0) is 28.6 Å². The van der Waals surface area contributed by atoms with E-state index >= 15 is 0 Å². The first kappa shape index (κ1) is 18.0. The van der Waals surface area contributed by atoms with Crippen molar-refractivity contribution in [2.24, 2.45) is 5.73 Å². The van der Waals surface area contributed by atoms with Crippen molar-refractivity contribution in [3.8, 4) is 0 Å². The van der Waals surface area contributed by atoms with Crippen molar-refractivity contribution >= 4 is 17.8 Å². The molecule has 0 aliphatic carbocycles. The molecular formula is C15H20N2O7. The van der Waals surface area contributed by atoms with Crippen LogP contribution in [-0.4, -0.2) is 59.0 Å². The molecule has 4 atom stereocenters. The SMILES string of the molecule is CC(=O)O[C@@H]1[C@@H](CO)OC(N2C=CCC(C(N)=O)=C2)[C@@H]1OC(C)=O. The van der Waals surface area contributed by atoms with Gasteiger partial charge in [0.2, 0.25) is 5.91 Å². The molecule has 0 bridgehead atoms. The molecule has 1 unspecified atom stereocenters. The van der Waals surface area contributed by atoms with Crippen LogP contribution in [0.15, 0.2) is 24.0 Å². The number of hydrogen-bond acceptors (Lipinski definition) is 8. The summed E-state index contributed by atoms with van der Waals surface area (Å²) in [5.74, 6) is -1.77. The normalized spacial score (nSPS) is 29.1. The standard InChI is InChI=1S/C15H20N2O7/c1-8(19)22-12-11(7-18)24-15(13(12)23-9(2)20)17-5-3-4-10(6-17)14(16)21/h3,5-6,11-13,15,18H,4,7H2,1-2H3,(H2,16,21)/t11-,12-,13-,15?/m1/s1. The predicted octanol–water partition coefficient (Wildman–Crippen LogP) is -0.844. The lowest BCUT2D eigenvalue weighted by atomic mass is 10.1. The number of primary amides is 1. The Labute approximate surface area is 138 Å². The van der Waals surface area contributed by atoms with E-state index in [2.05, 4.69) is 0 Å². The van der Waals surface area contributed by atoms with Crippen LogP contribution in [0, 0.1) is 0 Å². The molecule has 132 valence electrons. The van der Waals surface area contributed by atoms with Gasteiger partial charge in [0.25, 0.3) is 0 Å². The topological polar surface area (TPSA) is 128 Å². The fraction of sp³-hybridized carbons (Fsp3) is 0.533. The van der Waals surface area contributed by atoms with Gasteiger partial charge >= 0.3 is 11.9 Å². The molecule has 2 rings (SSSR count). The number of esters is 2. The summed E-state index contributed by atoms with van der Waals surface area (Å²) in [5.41, 5.74) is 5.63. The number of rotatable bonds is 5. The zero-order valence-electron chi connectivity index (χ0n) is 13.4. The molecule has 2 aliphatic heterocycles. The maximum absolute atomic E-state index is 11.4. The third kappa shape index (κ3) is 3.92. The van der Waals surface area contributed by atoms with E-state index in [0.717, 1.165) is 0 Å². The Morgan fingerprint density at radius 1 is 1.29 bits per heavy atom. The van der Waals surface area contributed by atoms with Gasteiger partial charge < -0.3 is 30.0 Å². The van der Waals surface area contributed by atoms with Crippen LogP contribution in [0.1, 0.15) is 20.3 Å². The van der Waals surface area contributed by atoms with Gasteiger partial charge in [0.1, 0.15) is 6.10 Å². The van der Waals surface area contributed by atoms with E-state index in [4.69, 9.17) is 19.9 Å². The summed E-state index contributed by atoms with van der Waals surface area (Å²) in [6.45, 7) is 1.99. The number of aliphatic hydroxyl groups excluding tert-OH is 1. The van der Waals surface area contributed by atoms with Crippen molar-refractivity contribution in [3.05, 3.63) is 24.0 Å². The maximum atomic E-state index is 11.4. The second-order valence-corrected chi connectivity index (χ2v) is 5.45. The molecule has 0 aromatic carbocycles. The van der Waals surface area contributed by atoms with E-state index in [1.807, 2.05) is 0 Å². The number of aliphatic hydroxyl groups is 1. The summed E-state index contributed by atoms with van der Waals surface area (Å²) in [6, 6.07) is 0. The molecule has 0 radical (unpaired) electrons. The van der Waals surface area contributed by atoms with Crippen LogP contribution >= 0.6 is 0 Å². The molecule has 0 aromatic rings. The summed E-state index contributed by atoms with van der Waals surface area (Å²) < 4.78 is 16.1. The first-order chi connectivity index (χ1) is 11.3. The quantitative estimate of drug-likeness (QED) is 0.620. The molecule has 24 heavy (non-hydrogen) atoms. The molecule has 0 saturated carbocycles. The second kappa shape index (κ2) is 7.45. The first-order valence-corrected chi connectivity index (χ1v) is 7.38. The summed E-state index contributed by atoms with van der Waals surface area (Å²) in [6.07, 6.45) is 1.49. The van der Waals surface area contributed by atoms with E-state index in [0.29, 0.717) is 12.0 Å². The van der Waals surface area contributed by atoms with Crippen LogP contribution in [0.4, 0.5) is 0 Å². The minimum absolute atomic E-state index is 0.346. The fourth-order valence-electron chi connectivity index (χ4n) is 2.65. The van der Waals surface area contributed by atoms with Gasteiger partial charge in [-0.3, -0.25) is 14.4 Å². The smallest absolute Gasteiger partial charge is 0.303 e. The number of hydrogen-bond donors (Lipinski definition) is 2. The summed E-state index contributed by atoms with van der Waals surface area (Å²) >= 11 is 0. The highest BCUT2D eigenvalue weighted by atomic mass is 16.6. The molecule has 1 saturated heterocycles. The maximum Gasteiger partial charge on any atom is 0.303 e. The highest BCUT2D eigenvalue weighted by molar-refractivity contribution is 5.92. The second-order valence-electron chi connectivity index (χ2n) is 5.45. The number of carbonyl (C=O) groups is 3. The van der Waals surface area contributed by atoms with Crippen molar-refractivity contribution in [2.45, 2.75) is 44.8 Å². The molecule has 3 N–H and O–H groups in total. The van der Waals surface area contributed by atoms with Gasteiger partial charge in [-0.25, -0.2) is 0 Å². The van der Waals surface area contributed by atoms with Crippen LogP contribution in [0.5, 0.6) is 0 Å². The Kier molecular flexibility index (Phi) is 5.58. The van der Waals surface area contributed by atoms with Crippen LogP contribution in [0.3, 0.4) is 0 Å². The van der Waals surface area contributed by atoms with Crippen LogP contribution in [0.25, 0.3) is 0 Å². The number of nitrogens with zero attached hydrogens (tertiary/aromatic N) is 1. The fourth-order valence-corrected chi connectivity index (χ4v) is 2.65. The molecule has 0 spiro atoms. The van der Waals surface area contributed by atoms with Gasteiger partial charge in [-0.2, -0.15) is 0 Å². The summed E-state index contributed by atoms with van der Waals surface area (Å²) in [7, 11) is 0. The zero-order chi connectivity index (χ0) is 17.9. The Bertz CT molecular complexity index is 586. The first-order valence-electron chi connectivity index (χ1n) is 7.38. The largest absolute Gasteiger partial charge is 0.456 e. The number of allylic oxidation sites excluding steroid dienone is 1. The van der Waals surface area contributed by atoms with E-state index in [9.17, 15) is 19.5 Å². The van der Waals surface area contributed by atoms with E-state index in [1.54, 1.807) is 12.3 Å². The number of ether oxygens (including phenoxy) is 3. The lowest BCUT2D eigenvalue weighted by molar-refractivity contribution is -0.166. The van der Waals surface area contributed by atoms with Gasteiger partial charge in [-0.1, -0.05) is 6.08 Å². The predicted molar refractivity (Wildman–Crippen MR) is 79.7 cm³/mol. The van der Waals surface area contributed by atoms with Gasteiger partial charge in [0.15, 0.2) is 18.4 Å². The average molecular weight is 340 g/mol. The van der Waals surface area contributed by atoms with E-state index < -0.39 is 49.0 Å². The minimum Gasteiger partial charge on any atom is -0.456 e. The Hall–Kier alpha value is -2.39. The number of amides is 1. The lowest BCUT2D eigenvalue weighted by Crippen LogP contribution is -2.44. The monoisotopic (exact) mass is 340 g/mol. The average Bonchev–Trinajstić information content (AvgIpc) is 2.84. The van der Waals surface area contributed by atoms with E-state index in [-0.39, 0.29) is 0 Å². The third-order valence-electron chi connectivity index (χ3n) is 3.60. The van der Waals surface area contributed by atoms with E-state index in [1.165, 1.54) is 24.9 Å². The highest BCUT2D eigenvalue weighted by Crippen LogP contribution is 2.31. The Morgan fingerprint density at radius 3 is 2.46 bits per heavy atom. The van der Waals surface area contributed by atoms with Gasteiger partial charge in [0.05, 0.1) is 6.61 Å². The van der Waals surface area contributed by atoms with Crippen molar-refractivity contribution in [1.29, 1.82) is 0 Å². The molecular weight excluding hydrogens is 320 g/mol. The highest BCUT2D eigenvalue weighted by Gasteiger charge is 2.50.